The number of alkyl halides is 3. The maximum Gasteiger partial charge on any atom is 0.433 e. The molecule has 0 saturated carbocycles. The molecule has 0 spiro atoms. The molecular formula is C17H14F3N3O2S. The van der Waals surface area contributed by atoms with Crippen LogP contribution in [0.3, 0.4) is 0 Å². The molecule has 0 aliphatic heterocycles. The average Bonchev–Trinajstić information content (AvgIpc) is 2.92. The summed E-state index contributed by atoms with van der Waals surface area (Å²) in [6.45, 7) is 1.50. The Kier molecular flexibility index (Phi) is 4.49. The number of benzene rings is 1. The summed E-state index contributed by atoms with van der Waals surface area (Å²) in [4.78, 5) is 16.4. The number of rotatable bonds is 3. The average molecular weight is 381 g/mol. The summed E-state index contributed by atoms with van der Waals surface area (Å²) < 4.78 is 44.0. The number of carbonyl (C=O) groups is 1. The summed E-state index contributed by atoms with van der Waals surface area (Å²) >= 11 is 0.820. The van der Waals surface area contributed by atoms with Crippen molar-refractivity contribution in [2.75, 3.05) is 18.2 Å². The van der Waals surface area contributed by atoms with Crippen LogP contribution in [0.25, 0.3) is 10.2 Å². The van der Waals surface area contributed by atoms with Crippen LogP contribution in [0.2, 0.25) is 0 Å². The molecule has 136 valence electrons. The van der Waals surface area contributed by atoms with Crippen molar-refractivity contribution in [1.29, 1.82) is 0 Å². The van der Waals surface area contributed by atoms with E-state index in [4.69, 9.17) is 10.5 Å². The maximum atomic E-state index is 13.0. The van der Waals surface area contributed by atoms with Gasteiger partial charge in [-0.05, 0) is 30.7 Å². The van der Waals surface area contributed by atoms with Crippen LogP contribution in [-0.2, 0) is 6.18 Å². The lowest BCUT2D eigenvalue weighted by molar-refractivity contribution is -0.141. The van der Waals surface area contributed by atoms with Crippen LogP contribution in [0.5, 0.6) is 5.75 Å². The predicted molar refractivity (Wildman–Crippen MR) is 94.7 cm³/mol. The summed E-state index contributed by atoms with van der Waals surface area (Å²) in [5.74, 6) is -0.0860. The lowest BCUT2D eigenvalue weighted by atomic mass is 10.1. The lowest BCUT2D eigenvalue weighted by Crippen LogP contribution is -2.12. The number of anilines is 2. The molecule has 3 rings (SSSR count). The van der Waals surface area contributed by atoms with Crippen molar-refractivity contribution in [1.82, 2.24) is 4.98 Å². The van der Waals surface area contributed by atoms with Crippen LogP contribution in [0.1, 0.15) is 20.9 Å². The Balaban J connectivity index is 2.04. The van der Waals surface area contributed by atoms with E-state index in [0.29, 0.717) is 22.4 Å². The highest BCUT2D eigenvalue weighted by atomic mass is 32.1. The van der Waals surface area contributed by atoms with Gasteiger partial charge in [-0.2, -0.15) is 13.2 Å². The van der Waals surface area contributed by atoms with Crippen LogP contribution in [-0.4, -0.2) is 18.0 Å². The molecule has 1 amide bonds. The van der Waals surface area contributed by atoms with E-state index in [9.17, 15) is 18.0 Å². The largest absolute Gasteiger partial charge is 0.495 e. The van der Waals surface area contributed by atoms with Crippen molar-refractivity contribution < 1.29 is 22.7 Å². The molecule has 2 heterocycles. The molecule has 0 fully saturated rings. The van der Waals surface area contributed by atoms with Gasteiger partial charge in [0.2, 0.25) is 0 Å². The Morgan fingerprint density at radius 2 is 2.00 bits per heavy atom. The highest BCUT2D eigenvalue weighted by molar-refractivity contribution is 7.21. The molecule has 3 N–H and O–H groups in total. The SMILES string of the molecule is COc1ccccc1NC(=O)c1sc2nc(C(F)(F)F)cc(C)c2c1N. The Morgan fingerprint density at radius 1 is 1.31 bits per heavy atom. The van der Waals surface area contributed by atoms with Gasteiger partial charge in [-0.3, -0.25) is 4.79 Å². The summed E-state index contributed by atoms with van der Waals surface area (Å²) in [6, 6.07) is 7.70. The molecule has 26 heavy (non-hydrogen) atoms. The molecule has 3 aromatic rings. The number of carbonyl (C=O) groups excluding carboxylic acids is 1. The number of ether oxygens (including phenoxy) is 1. The van der Waals surface area contributed by atoms with E-state index in [0.717, 1.165) is 17.4 Å². The second-order valence-electron chi connectivity index (χ2n) is 5.50. The number of nitrogen functional groups attached to an aromatic ring is 1. The number of aromatic nitrogens is 1. The quantitative estimate of drug-likeness (QED) is 0.702. The smallest absolute Gasteiger partial charge is 0.433 e. The number of nitrogens with zero attached hydrogens (tertiary/aromatic N) is 1. The first-order valence-electron chi connectivity index (χ1n) is 7.43. The van der Waals surface area contributed by atoms with Gasteiger partial charge in [0.15, 0.2) is 0 Å². The van der Waals surface area contributed by atoms with Crippen molar-refractivity contribution in [2.45, 2.75) is 13.1 Å². The third kappa shape index (κ3) is 3.17. The summed E-state index contributed by atoms with van der Waals surface area (Å²) in [6.07, 6.45) is -4.57. The molecule has 0 unspecified atom stereocenters. The van der Waals surface area contributed by atoms with E-state index in [-0.39, 0.29) is 15.4 Å². The number of para-hydroxylation sites is 2. The zero-order valence-corrected chi connectivity index (χ0v) is 14.6. The molecule has 9 heteroatoms. The van der Waals surface area contributed by atoms with Gasteiger partial charge in [0, 0.05) is 5.39 Å². The first kappa shape index (κ1) is 18.0. The monoisotopic (exact) mass is 381 g/mol. The molecular weight excluding hydrogens is 367 g/mol. The maximum absolute atomic E-state index is 13.0. The van der Waals surface area contributed by atoms with Gasteiger partial charge < -0.3 is 15.8 Å². The van der Waals surface area contributed by atoms with Gasteiger partial charge in [0.05, 0.1) is 18.5 Å². The molecule has 0 bridgehead atoms. The van der Waals surface area contributed by atoms with Crippen LogP contribution in [0, 0.1) is 6.92 Å². The number of methoxy groups -OCH3 is 1. The van der Waals surface area contributed by atoms with Gasteiger partial charge in [0.1, 0.15) is 21.2 Å². The Hall–Kier alpha value is -2.81. The minimum atomic E-state index is -4.57. The fourth-order valence-corrected chi connectivity index (χ4v) is 3.62. The molecule has 1 aromatic carbocycles. The van der Waals surface area contributed by atoms with Crippen molar-refractivity contribution >= 4 is 38.8 Å². The van der Waals surface area contributed by atoms with Gasteiger partial charge in [-0.1, -0.05) is 12.1 Å². The topological polar surface area (TPSA) is 77.2 Å². The van der Waals surface area contributed by atoms with E-state index < -0.39 is 17.8 Å². The van der Waals surface area contributed by atoms with Crippen molar-refractivity contribution in [3.05, 3.63) is 46.5 Å². The summed E-state index contributed by atoms with van der Waals surface area (Å²) in [7, 11) is 1.46. The molecule has 0 aliphatic carbocycles. The van der Waals surface area contributed by atoms with Crippen LogP contribution in [0.4, 0.5) is 24.5 Å². The van der Waals surface area contributed by atoms with Crippen molar-refractivity contribution in [3.63, 3.8) is 0 Å². The predicted octanol–water partition coefficient (Wildman–Crippen LogP) is 4.47. The molecule has 0 saturated heterocycles. The number of aryl methyl sites for hydroxylation is 1. The number of halogens is 3. The van der Waals surface area contributed by atoms with E-state index in [1.807, 2.05) is 0 Å². The number of amides is 1. The number of thiophene rings is 1. The normalized spacial score (nSPS) is 11.6. The third-order valence-corrected chi connectivity index (χ3v) is 4.85. The number of nitrogens with one attached hydrogen (secondary N) is 1. The van der Waals surface area contributed by atoms with E-state index in [1.165, 1.54) is 14.0 Å². The second-order valence-corrected chi connectivity index (χ2v) is 6.50. The second kappa shape index (κ2) is 6.49. The number of hydrogen-bond acceptors (Lipinski definition) is 5. The fraction of sp³-hybridized carbons (Fsp3) is 0.176. The van der Waals surface area contributed by atoms with E-state index in [2.05, 4.69) is 10.3 Å². The van der Waals surface area contributed by atoms with Gasteiger partial charge in [0.25, 0.3) is 5.91 Å². The minimum Gasteiger partial charge on any atom is -0.495 e. The lowest BCUT2D eigenvalue weighted by Gasteiger charge is -2.09. The minimum absolute atomic E-state index is 0.0694. The van der Waals surface area contributed by atoms with E-state index in [1.54, 1.807) is 24.3 Å². The zero-order chi connectivity index (χ0) is 19.1. The highest BCUT2D eigenvalue weighted by Gasteiger charge is 2.34. The van der Waals surface area contributed by atoms with Crippen LogP contribution < -0.4 is 15.8 Å². The highest BCUT2D eigenvalue weighted by Crippen LogP contribution is 2.38. The first-order valence-corrected chi connectivity index (χ1v) is 8.25. The van der Waals surface area contributed by atoms with Crippen LogP contribution in [0.15, 0.2) is 30.3 Å². The number of hydrogen-bond donors (Lipinski definition) is 2. The molecule has 0 aliphatic rings. The Morgan fingerprint density at radius 3 is 2.65 bits per heavy atom. The summed E-state index contributed by atoms with van der Waals surface area (Å²) in [5.41, 5.74) is 5.86. The van der Waals surface area contributed by atoms with Crippen molar-refractivity contribution in [2.24, 2.45) is 0 Å². The Bertz CT molecular complexity index is 999. The number of pyridine rings is 1. The first-order chi connectivity index (χ1) is 12.2. The van der Waals surface area contributed by atoms with Crippen LogP contribution >= 0.6 is 11.3 Å². The third-order valence-electron chi connectivity index (χ3n) is 3.75. The number of fused-ring (bicyclic) bond motifs is 1. The Labute approximate surface area is 150 Å². The molecule has 0 radical (unpaired) electrons. The standard InChI is InChI=1S/C17H14F3N3O2S/c1-8-7-11(17(18,19)20)23-16-12(8)13(21)14(26-16)15(24)22-9-5-3-4-6-10(9)25-2/h3-7H,21H2,1-2H3,(H,22,24). The van der Waals surface area contributed by atoms with E-state index >= 15 is 0 Å². The van der Waals surface area contributed by atoms with Crippen molar-refractivity contribution in [3.8, 4) is 5.75 Å². The van der Waals surface area contributed by atoms with Gasteiger partial charge in [-0.15, -0.1) is 11.3 Å². The molecule has 0 atom stereocenters. The van der Waals surface area contributed by atoms with Gasteiger partial charge >= 0.3 is 6.18 Å². The molecule has 5 nitrogen and oxygen atoms in total. The summed E-state index contributed by atoms with van der Waals surface area (Å²) in [5, 5.41) is 3.02. The zero-order valence-electron chi connectivity index (χ0n) is 13.8. The number of nitrogens with two attached hydrogens (primary N) is 1. The fourth-order valence-electron chi connectivity index (χ4n) is 2.55. The van der Waals surface area contributed by atoms with Gasteiger partial charge in [-0.25, -0.2) is 4.98 Å². The molecule has 2 aromatic heterocycles.